The van der Waals surface area contributed by atoms with Gasteiger partial charge in [0.1, 0.15) is 6.10 Å². The molecule has 0 unspecified atom stereocenters. The molecule has 1 aliphatic heterocycles. The van der Waals surface area contributed by atoms with Gasteiger partial charge < -0.3 is 10.4 Å². The fourth-order valence-electron chi connectivity index (χ4n) is 3.09. The van der Waals surface area contributed by atoms with Gasteiger partial charge in [-0.3, -0.25) is 0 Å². The average Bonchev–Trinajstić information content (AvgIpc) is 3.30. The van der Waals surface area contributed by atoms with E-state index in [9.17, 15) is 57.8 Å². The highest BCUT2D eigenvalue weighted by atomic mass is 19.4. The zero-order valence-corrected chi connectivity index (χ0v) is 17.4. The molecular weight excluding hydrogens is 510 g/mol. The van der Waals surface area contributed by atoms with Crippen molar-refractivity contribution in [3.8, 4) is 0 Å². The fraction of sp³-hybridized carbons (Fsp3) is 0.429. The van der Waals surface area contributed by atoms with Crippen molar-refractivity contribution < 1.29 is 57.8 Å². The highest BCUT2D eigenvalue weighted by Crippen LogP contribution is 2.41. The van der Waals surface area contributed by atoms with Crippen LogP contribution in [-0.2, 0) is 24.7 Å². The highest BCUT2D eigenvalue weighted by molar-refractivity contribution is 5.42. The van der Waals surface area contributed by atoms with Gasteiger partial charge in [-0.05, 0) is 73.5 Å². The fourth-order valence-corrected chi connectivity index (χ4v) is 3.09. The largest absolute Gasteiger partial charge is 0.416 e. The molecular formula is C21H17F12NO. The molecule has 0 spiro atoms. The lowest BCUT2D eigenvalue weighted by Gasteiger charge is -2.20. The van der Waals surface area contributed by atoms with E-state index in [1.54, 1.807) is 0 Å². The number of aliphatic hydroxyl groups excluding tert-OH is 1. The monoisotopic (exact) mass is 527 g/mol. The van der Waals surface area contributed by atoms with E-state index in [4.69, 9.17) is 0 Å². The van der Waals surface area contributed by atoms with Gasteiger partial charge in [0, 0.05) is 0 Å². The molecule has 1 fully saturated rings. The van der Waals surface area contributed by atoms with Gasteiger partial charge in [0.05, 0.1) is 22.3 Å². The van der Waals surface area contributed by atoms with E-state index in [2.05, 4.69) is 5.32 Å². The van der Waals surface area contributed by atoms with Crippen molar-refractivity contribution >= 4 is 0 Å². The second kappa shape index (κ2) is 10.2. The van der Waals surface area contributed by atoms with Crippen LogP contribution in [0, 0.1) is 0 Å². The van der Waals surface area contributed by atoms with Crippen LogP contribution in [0.25, 0.3) is 0 Å². The Hall–Kier alpha value is -2.48. The molecule has 2 nitrogen and oxygen atoms in total. The molecule has 0 atom stereocenters. The zero-order valence-electron chi connectivity index (χ0n) is 17.4. The Balaban J connectivity index is 0.000000764. The Morgan fingerprint density at radius 2 is 0.771 bits per heavy atom. The first-order valence-corrected chi connectivity index (χ1v) is 9.77. The zero-order chi connectivity index (χ0) is 26.8. The molecule has 196 valence electrons. The standard InChI is InChI=1S/C17H8F12O.C4H9N/c18-14(19,20)9-1-7(2-10(5-9)15(21,22)23)13(30)8-3-11(16(24,25)26)6-12(4-8)17(27,28)29;1-2-4-5-3-1/h1-6,13,30H;5H,1-4H2. The maximum atomic E-state index is 12.9. The summed E-state index contributed by atoms with van der Waals surface area (Å²) >= 11 is 0. The number of nitrogens with one attached hydrogen (secondary N) is 1. The van der Waals surface area contributed by atoms with Crippen molar-refractivity contribution in [1.29, 1.82) is 0 Å². The first-order chi connectivity index (χ1) is 15.8. The van der Waals surface area contributed by atoms with Crippen LogP contribution in [0.4, 0.5) is 52.7 Å². The molecule has 0 amide bonds. The maximum absolute atomic E-state index is 12.9. The number of alkyl halides is 12. The van der Waals surface area contributed by atoms with Gasteiger partial charge in [0.15, 0.2) is 0 Å². The van der Waals surface area contributed by atoms with E-state index >= 15 is 0 Å². The summed E-state index contributed by atoms with van der Waals surface area (Å²) in [6, 6.07) is -0.575. The summed E-state index contributed by atoms with van der Waals surface area (Å²) in [6.45, 7) is 2.50. The Labute approximate surface area is 190 Å². The molecule has 2 N–H and O–H groups in total. The molecule has 35 heavy (non-hydrogen) atoms. The number of hydrogen-bond acceptors (Lipinski definition) is 2. The third-order valence-electron chi connectivity index (χ3n) is 4.81. The summed E-state index contributed by atoms with van der Waals surface area (Å²) in [5.74, 6) is 0. The summed E-state index contributed by atoms with van der Waals surface area (Å²) in [5.41, 5.74) is -9.96. The molecule has 0 saturated carbocycles. The summed E-state index contributed by atoms with van der Waals surface area (Å²) < 4.78 is 155. The number of hydrogen-bond donors (Lipinski definition) is 2. The third-order valence-corrected chi connectivity index (χ3v) is 4.81. The van der Waals surface area contributed by atoms with Gasteiger partial charge in [-0.15, -0.1) is 0 Å². The Morgan fingerprint density at radius 1 is 0.514 bits per heavy atom. The number of aliphatic hydroxyl groups is 1. The average molecular weight is 527 g/mol. The van der Waals surface area contributed by atoms with Crippen molar-refractivity contribution in [3.63, 3.8) is 0 Å². The Bertz CT molecular complexity index is 854. The van der Waals surface area contributed by atoms with Crippen LogP contribution < -0.4 is 5.32 Å². The van der Waals surface area contributed by atoms with Crippen molar-refractivity contribution in [2.24, 2.45) is 0 Å². The maximum Gasteiger partial charge on any atom is 0.416 e. The second-order valence-corrected chi connectivity index (χ2v) is 7.54. The lowest BCUT2D eigenvalue weighted by molar-refractivity contribution is -0.144. The molecule has 0 aliphatic carbocycles. The second-order valence-electron chi connectivity index (χ2n) is 7.54. The van der Waals surface area contributed by atoms with E-state index in [1.165, 1.54) is 25.9 Å². The van der Waals surface area contributed by atoms with Gasteiger partial charge in [-0.25, -0.2) is 0 Å². The Kier molecular flexibility index (Phi) is 8.42. The summed E-state index contributed by atoms with van der Waals surface area (Å²) in [4.78, 5) is 0. The van der Waals surface area contributed by atoms with Crippen LogP contribution in [0.5, 0.6) is 0 Å². The summed E-state index contributed by atoms with van der Waals surface area (Å²) in [6.07, 6.45) is -21.2. The molecule has 2 aromatic rings. The summed E-state index contributed by atoms with van der Waals surface area (Å²) in [5, 5.41) is 13.3. The lowest BCUT2D eigenvalue weighted by atomic mass is 9.94. The van der Waals surface area contributed by atoms with Gasteiger partial charge in [-0.1, -0.05) is 0 Å². The number of rotatable bonds is 2. The van der Waals surface area contributed by atoms with Gasteiger partial charge in [0.2, 0.25) is 0 Å². The topological polar surface area (TPSA) is 32.3 Å². The quantitative estimate of drug-likeness (QED) is 0.405. The minimum absolute atomic E-state index is 0.00737. The predicted octanol–water partition coefficient (Wildman–Crippen LogP) is 7.21. The molecule has 1 aliphatic rings. The lowest BCUT2D eigenvalue weighted by Crippen LogP contribution is -2.15. The minimum atomic E-state index is -5.33. The van der Waals surface area contributed by atoms with E-state index < -0.39 is 64.2 Å². The van der Waals surface area contributed by atoms with Crippen LogP contribution >= 0.6 is 0 Å². The van der Waals surface area contributed by atoms with Gasteiger partial charge in [-0.2, -0.15) is 52.7 Å². The molecule has 2 aromatic carbocycles. The van der Waals surface area contributed by atoms with Crippen LogP contribution in [-0.4, -0.2) is 18.2 Å². The van der Waals surface area contributed by atoms with Crippen molar-refractivity contribution in [3.05, 3.63) is 69.8 Å². The number of halogens is 12. The van der Waals surface area contributed by atoms with E-state index in [1.807, 2.05) is 0 Å². The third kappa shape index (κ3) is 8.02. The smallest absolute Gasteiger partial charge is 0.384 e. The predicted molar refractivity (Wildman–Crippen MR) is 99.1 cm³/mol. The first-order valence-electron chi connectivity index (χ1n) is 9.77. The van der Waals surface area contributed by atoms with E-state index in [0.29, 0.717) is 0 Å². The van der Waals surface area contributed by atoms with Crippen LogP contribution in [0.2, 0.25) is 0 Å². The molecule has 0 bridgehead atoms. The van der Waals surface area contributed by atoms with Crippen molar-refractivity contribution in [2.75, 3.05) is 13.1 Å². The minimum Gasteiger partial charge on any atom is -0.384 e. The Morgan fingerprint density at radius 3 is 0.943 bits per heavy atom. The first kappa shape index (κ1) is 28.8. The molecule has 0 aromatic heterocycles. The molecule has 1 saturated heterocycles. The molecule has 1 heterocycles. The van der Waals surface area contributed by atoms with Crippen molar-refractivity contribution in [2.45, 2.75) is 43.7 Å². The van der Waals surface area contributed by atoms with Crippen LogP contribution in [0.15, 0.2) is 36.4 Å². The van der Waals surface area contributed by atoms with Crippen molar-refractivity contribution in [1.82, 2.24) is 5.32 Å². The SMILES string of the molecule is C1CCNC1.OC(c1cc(C(F)(F)F)cc(C(F)(F)F)c1)c1cc(C(F)(F)F)cc(C(F)(F)F)c1. The van der Waals surface area contributed by atoms with Gasteiger partial charge in [0.25, 0.3) is 0 Å². The summed E-state index contributed by atoms with van der Waals surface area (Å²) in [7, 11) is 0. The normalized spacial score (nSPS) is 15.3. The molecule has 0 radical (unpaired) electrons. The van der Waals surface area contributed by atoms with Crippen LogP contribution in [0.1, 0.15) is 52.3 Å². The number of benzene rings is 2. The highest BCUT2D eigenvalue weighted by Gasteiger charge is 2.39. The molecule has 14 heteroatoms. The van der Waals surface area contributed by atoms with Crippen LogP contribution in [0.3, 0.4) is 0 Å². The molecule has 3 rings (SSSR count). The van der Waals surface area contributed by atoms with E-state index in [-0.39, 0.29) is 36.4 Å². The van der Waals surface area contributed by atoms with E-state index in [0.717, 1.165) is 0 Å². The van der Waals surface area contributed by atoms with Gasteiger partial charge >= 0.3 is 24.7 Å².